The molecule has 0 unspecified atom stereocenters. The van der Waals surface area contributed by atoms with E-state index in [0.29, 0.717) is 35.7 Å². The van der Waals surface area contributed by atoms with Crippen molar-refractivity contribution in [1.82, 2.24) is 5.32 Å². The molecule has 0 aromatic heterocycles. The zero-order valence-electron chi connectivity index (χ0n) is 15.3. The van der Waals surface area contributed by atoms with Crippen LogP contribution in [0.5, 0.6) is 11.5 Å². The highest BCUT2D eigenvalue weighted by Crippen LogP contribution is 2.27. The molecule has 7 nitrogen and oxygen atoms in total. The number of rotatable bonds is 9. The van der Waals surface area contributed by atoms with Gasteiger partial charge in [-0.15, -0.1) is 12.4 Å². The van der Waals surface area contributed by atoms with Crippen molar-refractivity contribution in [3.63, 3.8) is 0 Å². The van der Waals surface area contributed by atoms with E-state index in [9.17, 15) is 9.59 Å². The van der Waals surface area contributed by atoms with Crippen LogP contribution in [0.25, 0.3) is 0 Å². The Morgan fingerprint density at radius 3 is 2.41 bits per heavy atom. The van der Waals surface area contributed by atoms with E-state index in [0.717, 1.165) is 5.56 Å². The molecule has 0 radical (unpaired) electrons. The third-order valence-corrected chi connectivity index (χ3v) is 3.82. The number of para-hydroxylation sites is 1. The Morgan fingerprint density at radius 2 is 1.74 bits per heavy atom. The van der Waals surface area contributed by atoms with Crippen molar-refractivity contribution in [3.05, 3.63) is 53.6 Å². The van der Waals surface area contributed by atoms with Crippen molar-refractivity contribution in [2.45, 2.75) is 6.42 Å². The van der Waals surface area contributed by atoms with Crippen molar-refractivity contribution < 1.29 is 19.1 Å². The Kier molecular flexibility index (Phi) is 8.95. The van der Waals surface area contributed by atoms with Crippen LogP contribution in [0.4, 0.5) is 5.69 Å². The number of primary amides is 1. The van der Waals surface area contributed by atoms with Crippen LogP contribution in [0.1, 0.15) is 15.9 Å². The van der Waals surface area contributed by atoms with E-state index in [4.69, 9.17) is 15.2 Å². The molecule has 0 saturated heterocycles. The summed E-state index contributed by atoms with van der Waals surface area (Å²) < 4.78 is 10.5. The first-order valence-corrected chi connectivity index (χ1v) is 8.15. The maximum absolute atomic E-state index is 12.0. The summed E-state index contributed by atoms with van der Waals surface area (Å²) in [6, 6.07) is 12.4. The summed E-state index contributed by atoms with van der Waals surface area (Å²) in [5.41, 5.74) is 7.22. The first-order valence-electron chi connectivity index (χ1n) is 8.15. The molecular formula is C19H24ClN3O4. The summed E-state index contributed by atoms with van der Waals surface area (Å²) in [6.07, 6.45) is 0.657. The first-order chi connectivity index (χ1) is 12.5. The van der Waals surface area contributed by atoms with E-state index in [-0.39, 0.29) is 24.9 Å². The summed E-state index contributed by atoms with van der Waals surface area (Å²) in [6.45, 7) is 0.531. The van der Waals surface area contributed by atoms with Gasteiger partial charge in [0.1, 0.15) is 0 Å². The number of hydrogen-bond donors (Lipinski definition) is 3. The van der Waals surface area contributed by atoms with Gasteiger partial charge in [0.2, 0.25) is 5.91 Å². The van der Waals surface area contributed by atoms with Gasteiger partial charge in [-0.2, -0.15) is 0 Å². The maximum Gasteiger partial charge on any atom is 0.250 e. The fourth-order valence-corrected chi connectivity index (χ4v) is 2.47. The lowest BCUT2D eigenvalue weighted by Gasteiger charge is -2.11. The van der Waals surface area contributed by atoms with Gasteiger partial charge < -0.3 is 25.8 Å². The molecule has 8 heteroatoms. The monoisotopic (exact) mass is 393 g/mol. The molecule has 0 heterocycles. The number of methoxy groups -OCH3 is 2. The maximum atomic E-state index is 12.0. The van der Waals surface area contributed by atoms with E-state index >= 15 is 0 Å². The number of carbonyl (C=O) groups is 2. The summed E-state index contributed by atoms with van der Waals surface area (Å²) in [5.74, 6) is 0.602. The highest BCUT2D eigenvalue weighted by atomic mass is 35.5. The molecular weight excluding hydrogens is 370 g/mol. The van der Waals surface area contributed by atoms with Gasteiger partial charge in [-0.1, -0.05) is 18.2 Å². The van der Waals surface area contributed by atoms with Crippen LogP contribution in [0.15, 0.2) is 42.5 Å². The predicted molar refractivity (Wildman–Crippen MR) is 107 cm³/mol. The second-order valence-corrected chi connectivity index (χ2v) is 5.55. The number of amides is 2. The van der Waals surface area contributed by atoms with Crippen molar-refractivity contribution in [1.29, 1.82) is 0 Å². The van der Waals surface area contributed by atoms with E-state index in [1.165, 1.54) is 0 Å². The number of hydrogen-bond acceptors (Lipinski definition) is 5. The number of nitrogens with two attached hydrogens (primary N) is 1. The van der Waals surface area contributed by atoms with Gasteiger partial charge in [0.05, 0.1) is 26.3 Å². The van der Waals surface area contributed by atoms with Crippen LogP contribution in [0.2, 0.25) is 0 Å². The highest BCUT2D eigenvalue weighted by molar-refractivity contribution is 5.99. The van der Waals surface area contributed by atoms with Crippen LogP contribution < -0.4 is 25.8 Å². The second-order valence-electron chi connectivity index (χ2n) is 5.55. The number of halogens is 1. The number of anilines is 1. The average molecular weight is 394 g/mol. The quantitative estimate of drug-likeness (QED) is 0.604. The molecule has 0 spiro atoms. The fraction of sp³-hybridized carbons (Fsp3) is 0.263. The fourth-order valence-electron chi connectivity index (χ4n) is 2.47. The second kappa shape index (κ2) is 10.9. The molecule has 0 saturated carbocycles. The molecule has 0 aliphatic rings. The van der Waals surface area contributed by atoms with Crippen LogP contribution in [0.3, 0.4) is 0 Å². The molecule has 2 aromatic rings. The lowest BCUT2D eigenvalue weighted by atomic mass is 10.1. The summed E-state index contributed by atoms with van der Waals surface area (Å²) in [7, 11) is 3.17. The van der Waals surface area contributed by atoms with Crippen molar-refractivity contribution in [2.75, 3.05) is 32.6 Å². The highest BCUT2D eigenvalue weighted by Gasteiger charge is 2.09. The molecule has 2 amide bonds. The van der Waals surface area contributed by atoms with Gasteiger partial charge >= 0.3 is 0 Å². The molecule has 0 aliphatic heterocycles. The largest absolute Gasteiger partial charge is 0.493 e. The summed E-state index contributed by atoms with van der Waals surface area (Å²) >= 11 is 0. The molecule has 0 fully saturated rings. The summed E-state index contributed by atoms with van der Waals surface area (Å²) in [4.78, 5) is 23.3. The van der Waals surface area contributed by atoms with Crippen LogP contribution >= 0.6 is 12.4 Å². The molecule has 0 atom stereocenters. The number of benzene rings is 2. The molecule has 4 N–H and O–H groups in total. The lowest BCUT2D eigenvalue weighted by Crippen LogP contribution is -2.31. The zero-order valence-corrected chi connectivity index (χ0v) is 16.1. The normalized spacial score (nSPS) is 9.70. The number of nitrogens with one attached hydrogen (secondary N) is 2. The topological polar surface area (TPSA) is 103 Å². The van der Waals surface area contributed by atoms with E-state index in [2.05, 4.69) is 10.6 Å². The molecule has 0 aliphatic carbocycles. The van der Waals surface area contributed by atoms with Crippen LogP contribution in [-0.4, -0.2) is 39.1 Å². The van der Waals surface area contributed by atoms with Gasteiger partial charge in [-0.25, -0.2) is 0 Å². The van der Waals surface area contributed by atoms with Crippen molar-refractivity contribution in [2.24, 2.45) is 5.73 Å². The molecule has 0 bridgehead atoms. The van der Waals surface area contributed by atoms with Gasteiger partial charge in [0, 0.05) is 12.2 Å². The van der Waals surface area contributed by atoms with Gasteiger partial charge in [-0.05, 0) is 36.2 Å². The Bertz CT molecular complexity index is 783. The molecule has 2 rings (SSSR count). The van der Waals surface area contributed by atoms with Crippen molar-refractivity contribution in [3.8, 4) is 11.5 Å². The van der Waals surface area contributed by atoms with Gasteiger partial charge in [0.25, 0.3) is 5.91 Å². The minimum Gasteiger partial charge on any atom is -0.493 e. The Labute approximate surface area is 164 Å². The average Bonchev–Trinajstić information content (AvgIpc) is 2.66. The Hall–Kier alpha value is -2.93. The third-order valence-electron chi connectivity index (χ3n) is 3.82. The SMILES string of the molecule is COc1ccc(CCNC(=O)CNc2ccccc2C(N)=O)cc1OC.Cl. The Morgan fingerprint density at radius 1 is 1.04 bits per heavy atom. The van der Waals surface area contributed by atoms with Crippen LogP contribution in [0, 0.1) is 0 Å². The minimum atomic E-state index is -0.540. The zero-order chi connectivity index (χ0) is 18.9. The van der Waals surface area contributed by atoms with Gasteiger partial charge in [-0.3, -0.25) is 9.59 Å². The lowest BCUT2D eigenvalue weighted by molar-refractivity contribution is -0.119. The first kappa shape index (κ1) is 22.1. The standard InChI is InChI=1S/C19H23N3O4.ClH/c1-25-16-8-7-13(11-17(16)26-2)9-10-21-18(23)12-22-15-6-4-3-5-14(15)19(20)24;/h3-8,11,22H,9-10,12H2,1-2H3,(H2,20,24)(H,21,23);1H. The van der Waals surface area contributed by atoms with Crippen molar-refractivity contribution >= 4 is 29.9 Å². The number of ether oxygens (including phenoxy) is 2. The van der Waals surface area contributed by atoms with Crippen LogP contribution in [-0.2, 0) is 11.2 Å². The van der Waals surface area contributed by atoms with Gasteiger partial charge in [0.15, 0.2) is 11.5 Å². The molecule has 2 aromatic carbocycles. The third kappa shape index (κ3) is 6.38. The van der Waals surface area contributed by atoms with E-state index in [1.807, 2.05) is 18.2 Å². The van der Waals surface area contributed by atoms with E-state index < -0.39 is 5.91 Å². The number of carbonyl (C=O) groups excluding carboxylic acids is 2. The Balaban J connectivity index is 0.00000364. The minimum absolute atomic E-state index is 0. The smallest absolute Gasteiger partial charge is 0.250 e. The predicted octanol–water partition coefficient (Wildman–Crippen LogP) is 2.00. The summed E-state index contributed by atoms with van der Waals surface area (Å²) in [5, 5.41) is 5.75. The molecule has 27 heavy (non-hydrogen) atoms. The molecule has 146 valence electrons. The van der Waals surface area contributed by atoms with E-state index in [1.54, 1.807) is 38.5 Å².